The summed E-state index contributed by atoms with van der Waals surface area (Å²) in [6.07, 6.45) is 8.38. The SMILES string of the molecule is c1nc(N2CCC(c3nncn3C3CC3)CC2)c2sccc2n1. The van der Waals surface area contributed by atoms with E-state index in [-0.39, 0.29) is 0 Å². The molecule has 0 N–H and O–H groups in total. The number of hydrogen-bond acceptors (Lipinski definition) is 6. The number of nitrogens with zero attached hydrogens (tertiary/aromatic N) is 6. The molecule has 4 heterocycles. The molecule has 2 fully saturated rings. The lowest BCUT2D eigenvalue weighted by molar-refractivity contribution is 0.464. The Bertz CT molecular complexity index is 828. The van der Waals surface area contributed by atoms with Crippen LogP contribution in [-0.2, 0) is 0 Å². The van der Waals surface area contributed by atoms with Gasteiger partial charge in [-0.3, -0.25) is 0 Å². The van der Waals surface area contributed by atoms with Gasteiger partial charge in [-0.15, -0.1) is 21.5 Å². The Morgan fingerprint density at radius 1 is 1.09 bits per heavy atom. The Balaban J connectivity index is 1.36. The highest BCUT2D eigenvalue weighted by atomic mass is 32.1. The van der Waals surface area contributed by atoms with E-state index in [0.717, 1.165) is 37.3 Å². The topological polar surface area (TPSA) is 59.7 Å². The van der Waals surface area contributed by atoms with Crippen LogP contribution in [-0.4, -0.2) is 37.8 Å². The van der Waals surface area contributed by atoms with E-state index < -0.39 is 0 Å². The van der Waals surface area contributed by atoms with Gasteiger partial charge in [0, 0.05) is 25.0 Å². The maximum Gasteiger partial charge on any atom is 0.150 e. The second-order valence-electron chi connectivity index (χ2n) is 6.42. The molecule has 0 amide bonds. The normalized spacial score (nSPS) is 19.6. The number of rotatable bonds is 3. The lowest BCUT2D eigenvalue weighted by Crippen LogP contribution is -2.34. The van der Waals surface area contributed by atoms with Gasteiger partial charge in [0.1, 0.15) is 24.3 Å². The summed E-state index contributed by atoms with van der Waals surface area (Å²) in [6.45, 7) is 2.04. The fraction of sp³-hybridized carbons (Fsp3) is 0.500. The first kappa shape index (κ1) is 13.4. The van der Waals surface area contributed by atoms with Crippen LogP contribution in [0.5, 0.6) is 0 Å². The first-order valence-corrected chi connectivity index (χ1v) is 9.10. The predicted molar refractivity (Wildman–Crippen MR) is 89.9 cm³/mol. The summed E-state index contributed by atoms with van der Waals surface area (Å²) in [5.74, 6) is 2.80. The molecule has 0 radical (unpaired) electrons. The lowest BCUT2D eigenvalue weighted by atomic mass is 9.96. The van der Waals surface area contributed by atoms with Gasteiger partial charge >= 0.3 is 0 Å². The van der Waals surface area contributed by atoms with Crippen LogP contribution in [0.15, 0.2) is 24.1 Å². The van der Waals surface area contributed by atoms with Crippen molar-refractivity contribution in [3.8, 4) is 0 Å². The van der Waals surface area contributed by atoms with Crippen LogP contribution in [0.25, 0.3) is 10.2 Å². The van der Waals surface area contributed by atoms with Gasteiger partial charge in [0.15, 0.2) is 0 Å². The van der Waals surface area contributed by atoms with E-state index in [4.69, 9.17) is 0 Å². The maximum atomic E-state index is 4.54. The number of fused-ring (bicyclic) bond motifs is 1. The largest absolute Gasteiger partial charge is 0.355 e. The third-order valence-corrected chi connectivity index (χ3v) is 5.82. The van der Waals surface area contributed by atoms with Gasteiger partial charge in [-0.2, -0.15) is 0 Å². The Morgan fingerprint density at radius 3 is 2.78 bits per heavy atom. The zero-order valence-electron chi connectivity index (χ0n) is 12.8. The average molecular weight is 326 g/mol. The Hall–Kier alpha value is -2.02. The Kier molecular flexibility index (Phi) is 3.07. The highest BCUT2D eigenvalue weighted by Crippen LogP contribution is 2.39. The molecule has 2 aliphatic rings. The molecular weight excluding hydrogens is 308 g/mol. The Morgan fingerprint density at radius 2 is 1.96 bits per heavy atom. The molecule has 0 bridgehead atoms. The van der Waals surface area contributed by atoms with Crippen LogP contribution in [0.1, 0.15) is 43.5 Å². The third-order valence-electron chi connectivity index (χ3n) is 4.93. The van der Waals surface area contributed by atoms with E-state index in [1.165, 1.54) is 23.4 Å². The predicted octanol–water partition coefficient (Wildman–Crippen LogP) is 3.00. The molecule has 0 unspecified atom stereocenters. The zero-order valence-corrected chi connectivity index (χ0v) is 13.6. The van der Waals surface area contributed by atoms with Crippen LogP contribution < -0.4 is 4.90 Å². The van der Waals surface area contributed by atoms with Crippen LogP contribution in [0.3, 0.4) is 0 Å². The fourth-order valence-corrected chi connectivity index (χ4v) is 4.39. The fourth-order valence-electron chi connectivity index (χ4n) is 3.53. The monoisotopic (exact) mass is 326 g/mol. The van der Waals surface area contributed by atoms with Crippen molar-refractivity contribution in [2.24, 2.45) is 0 Å². The molecule has 5 rings (SSSR count). The lowest BCUT2D eigenvalue weighted by Gasteiger charge is -2.32. The third kappa shape index (κ3) is 2.30. The number of piperidine rings is 1. The molecule has 7 heteroatoms. The molecule has 3 aromatic heterocycles. The second-order valence-corrected chi connectivity index (χ2v) is 7.34. The second kappa shape index (κ2) is 5.26. The summed E-state index contributed by atoms with van der Waals surface area (Å²) in [4.78, 5) is 11.3. The quantitative estimate of drug-likeness (QED) is 0.740. The molecule has 6 nitrogen and oxygen atoms in total. The summed E-state index contributed by atoms with van der Waals surface area (Å²) in [7, 11) is 0. The van der Waals surface area contributed by atoms with Crippen molar-refractivity contribution < 1.29 is 0 Å². The van der Waals surface area contributed by atoms with Crippen molar-refractivity contribution in [2.75, 3.05) is 18.0 Å². The van der Waals surface area contributed by atoms with Gasteiger partial charge in [0.05, 0.1) is 10.2 Å². The number of anilines is 1. The van der Waals surface area contributed by atoms with Crippen molar-refractivity contribution in [2.45, 2.75) is 37.6 Å². The summed E-state index contributed by atoms with van der Waals surface area (Å²) in [5, 5.41) is 10.7. The van der Waals surface area contributed by atoms with E-state index in [9.17, 15) is 0 Å². The first-order chi connectivity index (χ1) is 11.4. The van der Waals surface area contributed by atoms with Gasteiger partial charge in [0.25, 0.3) is 0 Å². The van der Waals surface area contributed by atoms with E-state index >= 15 is 0 Å². The molecule has 3 aromatic rings. The minimum Gasteiger partial charge on any atom is -0.355 e. The smallest absolute Gasteiger partial charge is 0.150 e. The van der Waals surface area contributed by atoms with Crippen LogP contribution >= 0.6 is 11.3 Å². The van der Waals surface area contributed by atoms with Gasteiger partial charge < -0.3 is 9.47 Å². The maximum absolute atomic E-state index is 4.54. The van der Waals surface area contributed by atoms with Gasteiger partial charge in [-0.25, -0.2) is 9.97 Å². The molecule has 1 saturated heterocycles. The molecule has 1 saturated carbocycles. The molecule has 1 aliphatic carbocycles. The number of thiophene rings is 1. The molecule has 118 valence electrons. The average Bonchev–Trinajstić information content (AvgIpc) is 3.12. The van der Waals surface area contributed by atoms with Crippen molar-refractivity contribution in [1.29, 1.82) is 0 Å². The van der Waals surface area contributed by atoms with E-state index in [1.54, 1.807) is 17.7 Å². The summed E-state index contributed by atoms with van der Waals surface area (Å²) in [5.41, 5.74) is 1.05. The van der Waals surface area contributed by atoms with Crippen molar-refractivity contribution in [1.82, 2.24) is 24.7 Å². The molecule has 23 heavy (non-hydrogen) atoms. The van der Waals surface area contributed by atoms with Crippen molar-refractivity contribution >= 4 is 27.4 Å². The van der Waals surface area contributed by atoms with Crippen molar-refractivity contribution in [3.63, 3.8) is 0 Å². The highest BCUT2D eigenvalue weighted by Gasteiger charge is 2.31. The molecular formula is C16H18N6S. The minimum absolute atomic E-state index is 0.523. The zero-order chi connectivity index (χ0) is 15.2. The van der Waals surface area contributed by atoms with Crippen LogP contribution in [0.2, 0.25) is 0 Å². The number of aromatic nitrogens is 5. The van der Waals surface area contributed by atoms with E-state index in [1.807, 2.05) is 6.33 Å². The van der Waals surface area contributed by atoms with Crippen molar-refractivity contribution in [3.05, 3.63) is 29.9 Å². The first-order valence-electron chi connectivity index (χ1n) is 8.22. The van der Waals surface area contributed by atoms with Gasteiger partial charge in [-0.1, -0.05) is 0 Å². The standard InChI is InChI=1S/C16H18N6S/c1-2-12(1)22-10-19-20-15(22)11-3-6-21(7-4-11)16-14-13(5-8-23-14)17-9-18-16/h5,8-12H,1-4,6-7H2. The highest BCUT2D eigenvalue weighted by molar-refractivity contribution is 7.17. The molecule has 0 spiro atoms. The summed E-state index contributed by atoms with van der Waals surface area (Å²) < 4.78 is 3.51. The van der Waals surface area contributed by atoms with E-state index in [0.29, 0.717) is 12.0 Å². The van der Waals surface area contributed by atoms with Gasteiger partial charge in [-0.05, 0) is 37.1 Å². The summed E-state index contributed by atoms with van der Waals surface area (Å²) >= 11 is 1.73. The number of hydrogen-bond donors (Lipinski definition) is 0. The Labute approximate surface area is 138 Å². The van der Waals surface area contributed by atoms with Gasteiger partial charge in [0.2, 0.25) is 0 Å². The van der Waals surface area contributed by atoms with Crippen LogP contribution in [0.4, 0.5) is 5.82 Å². The molecule has 1 aliphatic heterocycles. The minimum atomic E-state index is 0.523. The van der Waals surface area contributed by atoms with Crippen LogP contribution in [0, 0.1) is 0 Å². The summed E-state index contributed by atoms with van der Waals surface area (Å²) in [6, 6.07) is 2.72. The molecule has 0 atom stereocenters. The molecule has 0 aromatic carbocycles. The van der Waals surface area contributed by atoms with E-state index in [2.05, 4.69) is 41.1 Å².